The second kappa shape index (κ2) is 9.85. The number of amides is 1. The lowest BCUT2D eigenvalue weighted by atomic mass is 10.1. The number of hydrogen-bond acceptors (Lipinski definition) is 3. The third-order valence-electron chi connectivity index (χ3n) is 4.10. The maximum Gasteiger partial charge on any atom is 0.416 e. The van der Waals surface area contributed by atoms with E-state index in [9.17, 15) is 18.0 Å². The molecule has 9 heteroatoms. The van der Waals surface area contributed by atoms with Gasteiger partial charge in [-0.25, -0.2) is 5.43 Å². The number of halogens is 5. The lowest BCUT2D eigenvalue weighted by Crippen LogP contribution is -2.18. The number of hydrogen-bond donors (Lipinski definition) is 1. The highest BCUT2D eigenvalue weighted by Crippen LogP contribution is 2.29. The average Bonchev–Trinajstić information content (AvgIpc) is 2.75. The predicted octanol–water partition coefficient (Wildman–Crippen LogP) is 6.36. The Labute approximate surface area is 186 Å². The van der Waals surface area contributed by atoms with Crippen LogP contribution in [0.3, 0.4) is 0 Å². The Balaban J connectivity index is 1.54. The van der Waals surface area contributed by atoms with Gasteiger partial charge in [0.25, 0.3) is 5.91 Å². The molecule has 0 unspecified atom stereocenters. The summed E-state index contributed by atoms with van der Waals surface area (Å²) in [6.07, 6.45) is -3.16. The number of benzene rings is 3. The Bertz CT molecular complexity index is 1100. The van der Waals surface area contributed by atoms with Gasteiger partial charge in [-0.15, -0.1) is 0 Å². The number of hydrazone groups is 1. The van der Waals surface area contributed by atoms with Crippen LogP contribution < -0.4 is 10.2 Å². The summed E-state index contributed by atoms with van der Waals surface area (Å²) in [5.74, 6) is -0.139. The Morgan fingerprint density at radius 3 is 2.42 bits per heavy atom. The van der Waals surface area contributed by atoms with E-state index in [1.165, 1.54) is 12.3 Å². The van der Waals surface area contributed by atoms with Crippen molar-refractivity contribution in [3.8, 4) is 5.75 Å². The highest BCUT2D eigenvalue weighted by Gasteiger charge is 2.30. The number of alkyl halides is 3. The number of carbonyl (C=O) groups excluding carboxylic acids is 1. The molecule has 0 aliphatic heterocycles. The third-order valence-corrected chi connectivity index (χ3v) is 4.84. The van der Waals surface area contributed by atoms with Gasteiger partial charge in [-0.1, -0.05) is 35.3 Å². The molecule has 160 valence electrons. The van der Waals surface area contributed by atoms with E-state index < -0.39 is 17.6 Å². The van der Waals surface area contributed by atoms with Gasteiger partial charge in [-0.3, -0.25) is 4.79 Å². The number of carbonyl (C=O) groups is 1. The van der Waals surface area contributed by atoms with Gasteiger partial charge in [0.1, 0.15) is 12.4 Å². The Morgan fingerprint density at radius 2 is 1.74 bits per heavy atom. The van der Waals surface area contributed by atoms with Crippen LogP contribution in [0.5, 0.6) is 5.75 Å². The zero-order valence-corrected chi connectivity index (χ0v) is 17.3. The molecule has 0 radical (unpaired) electrons. The summed E-state index contributed by atoms with van der Waals surface area (Å²) in [6, 6.07) is 16.2. The van der Waals surface area contributed by atoms with Crippen molar-refractivity contribution in [2.75, 3.05) is 0 Å². The third kappa shape index (κ3) is 6.47. The van der Waals surface area contributed by atoms with Crippen molar-refractivity contribution >= 4 is 35.3 Å². The van der Waals surface area contributed by atoms with Gasteiger partial charge < -0.3 is 4.74 Å². The molecule has 0 aliphatic carbocycles. The topological polar surface area (TPSA) is 50.7 Å². The molecular formula is C22H15Cl2F3N2O2. The molecule has 0 fully saturated rings. The summed E-state index contributed by atoms with van der Waals surface area (Å²) in [5, 5.41) is 4.69. The molecule has 0 bridgehead atoms. The van der Waals surface area contributed by atoms with E-state index in [4.69, 9.17) is 27.9 Å². The van der Waals surface area contributed by atoms with Crippen LogP contribution in [-0.4, -0.2) is 12.1 Å². The zero-order chi connectivity index (χ0) is 22.4. The standard InChI is InChI=1S/C22H15Cl2F3N2O2/c23-19-9-6-15(10-20(19)24)13-31-18-7-4-14(5-8-18)12-28-29-21(30)16-2-1-3-17(11-16)22(25,26)27/h1-12H,13H2,(H,29,30)/b28-12-. The molecular weight excluding hydrogens is 452 g/mol. The van der Waals surface area contributed by atoms with Crippen LogP contribution in [0.4, 0.5) is 13.2 Å². The molecule has 4 nitrogen and oxygen atoms in total. The van der Waals surface area contributed by atoms with Gasteiger partial charge in [0, 0.05) is 5.56 Å². The van der Waals surface area contributed by atoms with Crippen LogP contribution in [0.1, 0.15) is 27.0 Å². The van der Waals surface area contributed by atoms with E-state index in [0.29, 0.717) is 28.0 Å². The molecule has 0 heterocycles. The summed E-state index contributed by atoms with van der Waals surface area (Å²) in [7, 11) is 0. The van der Waals surface area contributed by atoms with Gasteiger partial charge in [0.15, 0.2) is 0 Å². The van der Waals surface area contributed by atoms with Gasteiger partial charge in [-0.05, 0) is 65.7 Å². The molecule has 31 heavy (non-hydrogen) atoms. The van der Waals surface area contributed by atoms with Crippen LogP contribution >= 0.6 is 23.2 Å². The number of nitrogens with zero attached hydrogens (tertiary/aromatic N) is 1. The molecule has 3 rings (SSSR count). The quantitative estimate of drug-likeness (QED) is 0.339. The Hall–Kier alpha value is -3.03. The molecule has 0 saturated heterocycles. The van der Waals surface area contributed by atoms with Crippen molar-refractivity contribution in [2.45, 2.75) is 12.8 Å². The first-order chi connectivity index (χ1) is 14.7. The maximum absolute atomic E-state index is 12.7. The van der Waals surface area contributed by atoms with Crippen LogP contribution in [0.2, 0.25) is 10.0 Å². The molecule has 0 aromatic heterocycles. The molecule has 3 aromatic carbocycles. The monoisotopic (exact) mass is 466 g/mol. The minimum atomic E-state index is -4.52. The van der Waals surface area contributed by atoms with Crippen molar-refractivity contribution in [3.05, 3.63) is 99.0 Å². The Kier molecular flexibility index (Phi) is 7.20. The van der Waals surface area contributed by atoms with Crippen molar-refractivity contribution in [2.24, 2.45) is 5.10 Å². The fourth-order valence-corrected chi connectivity index (χ4v) is 2.83. The number of nitrogens with one attached hydrogen (secondary N) is 1. The van der Waals surface area contributed by atoms with Crippen molar-refractivity contribution in [1.29, 1.82) is 0 Å². The summed E-state index contributed by atoms with van der Waals surface area (Å²) in [5.41, 5.74) is 2.68. The van der Waals surface area contributed by atoms with Crippen molar-refractivity contribution in [3.63, 3.8) is 0 Å². The zero-order valence-electron chi connectivity index (χ0n) is 15.8. The minimum Gasteiger partial charge on any atom is -0.489 e. The number of rotatable bonds is 6. The van der Waals surface area contributed by atoms with Crippen LogP contribution in [0.25, 0.3) is 0 Å². The summed E-state index contributed by atoms with van der Waals surface area (Å²) in [4.78, 5) is 12.0. The highest BCUT2D eigenvalue weighted by atomic mass is 35.5. The molecule has 0 saturated carbocycles. The largest absolute Gasteiger partial charge is 0.489 e. The first-order valence-corrected chi connectivity index (χ1v) is 9.65. The first kappa shape index (κ1) is 22.7. The lowest BCUT2D eigenvalue weighted by Gasteiger charge is -2.08. The van der Waals surface area contributed by atoms with Crippen LogP contribution in [0.15, 0.2) is 71.8 Å². The number of ether oxygens (including phenoxy) is 1. The van der Waals surface area contributed by atoms with Crippen LogP contribution in [-0.2, 0) is 12.8 Å². The van der Waals surface area contributed by atoms with Gasteiger partial charge >= 0.3 is 6.18 Å². The minimum absolute atomic E-state index is 0.141. The van der Waals surface area contributed by atoms with E-state index in [1.54, 1.807) is 36.4 Å². The maximum atomic E-state index is 12.7. The first-order valence-electron chi connectivity index (χ1n) is 8.90. The predicted molar refractivity (Wildman–Crippen MR) is 114 cm³/mol. The smallest absolute Gasteiger partial charge is 0.416 e. The average molecular weight is 467 g/mol. The molecule has 0 spiro atoms. The molecule has 3 aromatic rings. The van der Waals surface area contributed by atoms with E-state index in [2.05, 4.69) is 10.5 Å². The lowest BCUT2D eigenvalue weighted by molar-refractivity contribution is -0.137. The highest BCUT2D eigenvalue weighted by molar-refractivity contribution is 6.42. The molecule has 1 N–H and O–H groups in total. The van der Waals surface area contributed by atoms with E-state index >= 15 is 0 Å². The van der Waals surface area contributed by atoms with E-state index in [1.807, 2.05) is 6.07 Å². The van der Waals surface area contributed by atoms with Crippen molar-refractivity contribution < 1.29 is 22.7 Å². The second-order valence-corrected chi connectivity index (χ2v) is 7.20. The van der Waals surface area contributed by atoms with E-state index in [-0.39, 0.29) is 5.56 Å². The SMILES string of the molecule is O=C(N/N=C\c1ccc(OCc2ccc(Cl)c(Cl)c2)cc1)c1cccc(C(F)(F)F)c1. The van der Waals surface area contributed by atoms with Gasteiger partial charge in [0.2, 0.25) is 0 Å². The summed E-state index contributed by atoms with van der Waals surface area (Å²) >= 11 is 11.9. The normalized spacial score (nSPS) is 11.5. The Morgan fingerprint density at radius 1 is 1.00 bits per heavy atom. The summed E-state index contributed by atoms with van der Waals surface area (Å²) < 4.78 is 43.9. The van der Waals surface area contributed by atoms with Gasteiger partial charge in [0.05, 0.1) is 21.8 Å². The summed E-state index contributed by atoms with van der Waals surface area (Å²) in [6.45, 7) is 0.303. The van der Waals surface area contributed by atoms with Gasteiger partial charge in [-0.2, -0.15) is 18.3 Å². The second-order valence-electron chi connectivity index (χ2n) is 6.38. The van der Waals surface area contributed by atoms with Crippen molar-refractivity contribution in [1.82, 2.24) is 5.43 Å². The van der Waals surface area contributed by atoms with E-state index in [0.717, 1.165) is 23.8 Å². The van der Waals surface area contributed by atoms with Crippen LogP contribution in [0, 0.1) is 0 Å². The molecule has 1 amide bonds. The molecule has 0 aliphatic rings. The fraction of sp³-hybridized carbons (Fsp3) is 0.0909. The molecule has 0 atom stereocenters. The fourth-order valence-electron chi connectivity index (χ4n) is 2.51.